The minimum Gasteiger partial charge on any atom is -0.506 e. The number of fused-ring (bicyclic) bond motifs is 1. The maximum Gasteiger partial charge on any atom is 0.143 e. The Hall–Kier alpha value is -2.43. The van der Waals surface area contributed by atoms with E-state index in [1.165, 1.54) is 4.80 Å². The van der Waals surface area contributed by atoms with Crippen LogP contribution in [0.25, 0.3) is 16.7 Å². The van der Waals surface area contributed by atoms with Crippen molar-refractivity contribution in [2.24, 2.45) is 5.41 Å². The average Bonchev–Trinajstić information content (AvgIpc) is 2.96. The molecule has 0 saturated carbocycles. The molecule has 5 heteroatoms. The van der Waals surface area contributed by atoms with Gasteiger partial charge in [-0.25, -0.2) is 4.39 Å². The number of phenols is 1. The van der Waals surface area contributed by atoms with Crippen molar-refractivity contribution in [2.45, 2.75) is 53.1 Å². The van der Waals surface area contributed by atoms with Gasteiger partial charge in [-0.3, -0.25) is 0 Å². The molecule has 0 aliphatic rings. The summed E-state index contributed by atoms with van der Waals surface area (Å²) in [5, 5.41) is 19.2. The number of nitrogens with zero attached hydrogens (tertiary/aromatic N) is 3. The van der Waals surface area contributed by atoms with E-state index in [0.29, 0.717) is 22.3 Å². The van der Waals surface area contributed by atoms with Crippen LogP contribution >= 0.6 is 0 Å². The van der Waals surface area contributed by atoms with Gasteiger partial charge in [-0.2, -0.15) is 0 Å². The van der Waals surface area contributed by atoms with Gasteiger partial charge < -0.3 is 5.11 Å². The number of hydrogen-bond acceptors (Lipinski definition) is 3. The maximum atomic E-state index is 13.2. The Kier molecular flexibility index (Phi) is 4.51. The number of benzene rings is 2. The van der Waals surface area contributed by atoms with Crippen LogP contribution < -0.4 is 0 Å². The number of aromatic hydroxyl groups is 1. The van der Waals surface area contributed by atoms with E-state index < -0.39 is 6.67 Å². The summed E-state index contributed by atoms with van der Waals surface area (Å²) < 4.78 is 13.2. The fourth-order valence-corrected chi connectivity index (χ4v) is 3.74. The van der Waals surface area contributed by atoms with Gasteiger partial charge in [0, 0.05) is 5.56 Å². The number of alkyl halides is 1. The van der Waals surface area contributed by atoms with Crippen LogP contribution in [0.1, 0.15) is 52.2 Å². The number of halogens is 1. The molecule has 3 rings (SSSR count). The molecule has 0 fully saturated rings. The van der Waals surface area contributed by atoms with Gasteiger partial charge in [0.1, 0.15) is 29.1 Å². The van der Waals surface area contributed by atoms with Crippen LogP contribution in [0.15, 0.2) is 36.4 Å². The SMILES string of the molecule is CC(C)(C)CC(C)(C)c1ccc(O)c(-n2nc3cccc(CF)c3n2)c1. The minimum atomic E-state index is -0.597. The molecule has 3 aromatic rings. The molecule has 1 heterocycles. The summed E-state index contributed by atoms with van der Waals surface area (Å²) in [4.78, 5) is 1.40. The first-order chi connectivity index (χ1) is 12.1. The van der Waals surface area contributed by atoms with Crippen molar-refractivity contribution in [1.29, 1.82) is 0 Å². The molecule has 0 bridgehead atoms. The normalized spacial score (nSPS) is 12.7. The first-order valence-electron chi connectivity index (χ1n) is 8.85. The van der Waals surface area contributed by atoms with Gasteiger partial charge in [-0.05, 0) is 41.0 Å². The van der Waals surface area contributed by atoms with Gasteiger partial charge in [0.2, 0.25) is 0 Å². The summed E-state index contributed by atoms with van der Waals surface area (Å²) >= 11 is 0. The van der Waals surface area contributed by atoms with Crippen LogP contribution in [0.4, 0.5) is 4.39 Å². The molecule has 0 aliphatic heterocycles. The number of phenolic OH excluding ortho intramolecular Hbond substituents is 1. The van der Waals surface area contributed by atoms with Gasteiger partial charge in [0.05, 0.1) is 0 Å². The number of aromatic nitrogens is 3. The lowest BCUT2D eigenvalue weighted by Crippen LogP contribution is -2.25. The van der Waals surface area contributed by atoms with Crippen molar-refractivity contribution in [3.05, 3.63) is 47.5 Å². The smallest absolute Gasteiger partial charge is 0.143 e. The maximum absolute atomic E-state index is 13.2. The lowest BCUT2D eigenvalue weighted by molar-refractivity contribution is 0.284. The summed E-state index contributed by atoms with van der Waals surface area (Å²) in [5.74, 6) is 0.0995. The first-order valence-corrected chi connectivity index (χ1v) is 8.85. The zero-order valence-electron chi connectivity index (χ0n) is 16.0. The zero-order chi connectivity index (χ0) is 19.1. The predicted molar refractivity (Wildman–Crippen MR) is 102 cm³/mol. The van der Waals surface area contributed by atoms with Crippen molar-refractivity contribution in [3.8, 4) is 11.4 Å². The molecule has 1 N–H and O–H groups in total. The van der Waals surface area contributed by atoms with E-state index in [2.05, 4.69) is 44.8 Å². The van der Waals surface area contributed by atoms with E-state index in [9.17, 15) is 9.50 Å². The molecular formula is C21H26FN3O. The molecule has 0 aliphatic carbocycles. The Labute approximate surface area is 153 Å². The highest BCUT2D eigenvalue weighted by molar-refractivity contribution is 5.77. The quantitative estimate of drug-likeness (QED) is 0.690. The van der Waals surface area contributed by atoms with Crippen LogP contribution in [0.3, 0.4) is 0 Å². The average molecular weight is 355 g/mol. The Morgan fingerprint density at radius 2 is 1.77 bits per heavy atom. The second-order valence-corrected chi connectivity index (χ2v) is 8.73. The van der Waals surface area contributed by atoms with Crippen molar-refractivity contribution in [1.82, 2.24) is 15.0 Å². The summed E-state index contributed by atoms with van der Waals surface area (Å²) in [6, 6.07) is 10.8. The van der Waals surface area contributed by atoms with Gasteiger partial charge in [-0.1, -0.05) is 52.8 Å². The van der Waals surface area contributed by atoms with Crippen LogP contribution in [-0.2, 0) is 12.1 Å². The van der Waals surface area contributed by atoms with Gasteiger partial charge in [0.25, 0.3) is 0 Å². The molecule has 0 unspecified atom stereocenters. The monoisotopic (exact) mass is 355 g/mol. The lowest BCUT2D eigenvalue weighted by atomic mass is 9.72. The van der Waals surface area contributed by atoms with E-state index in [0.717, 1.165) is 12.0 Å². The fraction of sp³-hybridized carbons (Fsp3) is 0.429. The largest absolute Gasteiger partial charge is 0.506 e. The summed E-state index contributed by atoms with van der Waals surface area (Å²) in [6.07, 6.45) is 0.991. The molecule has 0 amide bonds. The van der Waals surface area contributed by atoms with Crippen molar-refractivity contribution >= 4 is 11.0 Å². The summed E-state index contributed by atoms with van der Waals surface area (Å²) in [5.41, 5.74) is 3.34. The Morgan fingerprint density at radius 1 is 1.04 bits per heavy atom. The van der Waals surface area contributed by atoms with Crippen LogP contribution in [-0.4, -0.2) is 20.1 Å². The topological polar surface area (TPSA) is 50.9 Å². The molecule has 0 atom stereocenters. The highest BCUT2D eigenvalue weighted by Crippen LogP contribution is 2.38. The Morgan fingerprint density at radius 3 is 2.42 bits per heavy atom. The molecule has 1 aromatic heterocycles. The second kappa shape index (κ2) is 6.38. The van der Waals surface area contributed by atoms with Crippen LogP contribution in [0, 0.1) is 5.41 Å². The third-order valence-corrected chi connectivity index (χ3v) is 4.58. The molecule has 0 radical (unpaired) electrons. The molecule has 2 aromatic carbocycles. The highest BCUT2D eigenvalue weighted by Gasteiger charge is 2.28. The standard InChI is InChI=1S/C21H26FN3O/c1-20(2,3)13-21(4,5)15-9-10-18(26)17(11-15)25-23-16-8-6-7-14(12-22)19(16)24-25/h6-11,26H,12-13H2,1-5H3. The van der Waals surface area contributed by atoms with E-state index in [1.54, 1.807) is 24.3 Å². The van der Waals surface area contributed by atoms with Gasteiger partial charge in [0.15, 0.2) is 0 Å². The molecule has 0 spiro atoms. The van der Waals surface area contributed by atoms with E-state index in [-0.39, 0.29) is 16.6 Å². The lowest BCUT2D eigenvalue weighted by Gasteiger charge is -2.33. The Balaban J connectivity index is 2.09. The summed E-state index contributed by atoms with van der Waals surface area (Å²) in [7, 11) is 0. The highest BCUT2D eigenvalue weighted by atomic mass is 19.1. The molecular weight excluding hydrogens is 329 g/mol. The van der Waals surface area contributed by atoms with E-state index in [4.69, 9.17) is 0 Å². The van der Waals surface area contributed by atoms with E-state index >= 15 is 0 Å². The van der Waals surface area contributed by atoms with Crippen LogP contribution in [0.2, 0.25) is 0 Å². The third-order valence-electron chi connectivity index (χ3n) is 4.58. The second-order valence-electron chi connectivity index (χ2n) is 8.73. The molecule has 0 saturated heterocycles. The molecule has 4 nitrogen and oxygen atoms in total. The first kappa shape index (κ1) is 18.4. The third kappa shape index (κ3) is 3.57. The van der Waals surface area contributed by atoms with E-state index in [1.807, 2.05) is 12.1 Å². The van der Waals surface area contributed by atoms with Gasteiger partial charge in [-0.15, -0.1) is 15.0 Å². The number of hydrogen-bond donors (Lipinski definition) is 1. The molecule has 26 heavy (non-hydrogen) atoms. The number of rotatable bonds is 4. The summed E-state index contributed by atoms with van der Waals surface area (Å²) in [6.45, 7) is 10.5. The Bertz CT molecular complexity index is 938. The minimum absolute atomic E-state index is 0.0720. The van der Waals surface area contributed by atoms with Crippen molar-refractivity contribution in [3.63, 3.8) is 0 Å². The fourth-order valence-electron chi connectivity index (χ4n) is 3.74. The van der Waals surface area contributed by atoms with Crippen molar-refractivity contribution in [2.75, 3.05) is 0 Å². The van der Waals surface area contributed by atoms with Gasteiger partial charge >= 0.3 is 0 Å². The predicted octanol–water partition coefficient (Wildman–Crippen LogP) is 5.31. The molecule has 138 valence electrons. The van der Waals surface area contributed by atoms with Crippen LogP contribution in [0.5, 0.6) is 5.75 Å². The zero-order valence-corrected chi connectivity index (χ0v) is 16.0. The van der Waals surface area contributed by atoms with Crippen molar-refractivity contribution < 1.29 is 9.50 Å².